The Bertz CT molecular complexity index is 343. The molecular weight excluding hydrogens is 278 g/mol. The molecule has 0 saturated carbocycles. The number of benzene rings is 1. The third kappa shape index (κ3) is 5.19. The first kappa shape index (κ1) is 14.7. The number of halogens is 1. The normalized spacial score (nSPS) is 14.6. The quantitative estimate of drug-likeness (QED) is 0.828. The highest BCUT2D eigenvalue weighted by Gasteiger charge is 2.21. The van der Waals surface area contributed by atoms with Crippen molar-refractivity contribution in [2.45, 2.75) is 39.4 Å². The van der Waals surface area contributed by atoms with Gasteiger partial charge in [0.2, 0.25) is 0 Å². The molecule has 0 aliphatic rings. The van der Waals surface area contributed by atoms with E-state index in [9.17, 15) is 0 Å². The van der Waals surface area contributed by atoms with Crippen molar-refractivity contribution in [2.75, 3.05) is 13.1 Å². The summed E-state index contributed by atoms with van der Waals surface area (Å²) in [5.41, 5.74) is 1.12. The SMILES string of the molecule is CCNCC(C)(CC)OCc1cccc(Br)c1. The van der Waals surface area contributed by atoms with Gasteiger partial charge in [-0.25, -0.2) is 0 Å². The summed E-state index contributed by atoms with van der Waals surface area (Å²) >= 11 is 3.47. The smallest absolute Gasteiger partial charge is 0.0780 e. The molecule has 0 saturated heterocycles. The summed E-state index contributed by atoms with van der Waals surface area (Å²) in [6.07, 6.45) is 1.01. The molecular formula is C14H22BrNO. The standard InChI is InChI=1S/C14H22BrNO/c1-4-14(3,11-16-5-2)17-10-12-7-6-8-13(15)9-12/h6-9,16H,4-5,10-11H2,1-3H3. The van der Waals surface area contributed by atoms with Crippen LogP contribution >= 0.6 is 15.9 Å². The molecule has 1 N–H and O–H groups in total. The highest BCUT2D eigenvalue weighted by Crippen LogP contribution is 2.18. The molecule has 0 fully saturated rings. The molecule has 0 radical (unpaired) electrons. The Hall–Kier alpha value is -0.380. The molecule has 2 nitrogen and oxygen atoms in total. The molecule has 96 valence electrons. The molecule has 0 bridgehead atoms. The monoisotopic (exact) mass is 299 g/mol. The third-order valence-electron chi connectivity index (χ3n) is 2.97. The van der Waals surface area contributed by atoms with Gasteiger partial charge in [0.05, 0.1) is 12.2 Å². The van der Waals surface area contributed by atoms with Gasteiger partial charge in [-0.3, -0.25) is 0 Å². The largest absolute Gasteiger partial charge is 0.369 e. The Morgan fingerprint density at radius 1 is 1.35 bits per heavy atom. The number of hydrogen-bond donors (Lipinski definition) is 1. The number of ether oxygens (including phenoxy) is 1. The number of hydrogen-bond acceptors (Lipinski definition) is 2. The van der Waals surface area contributed by atoms with Gasteiger partial charge in [0.15, 0.2) is 0 Å². The van der Waals surface area contributed by atoms with E-state index in [-0.39, 0.29) is 5.60 Å². The summed E-state index contributed by atoms with van der Waals surface area (Å²) in [5.74, 6) is 0. The first-order valence-electron chi connectivity index (χ1n) is 6.19. The third-order valence-corrected chi connectivity index (χ3v) is 3.47. The Morgan fingerprint density at radius 3 is 2.71 bits per heavy atom. The molecule has 1 unspecified atom stereocenters. The molecule has 1 aromatic carbocycles. The van der Waals surface area contributed by atoms with Gasteiger partial charge in [-0.05, 0) is 37.6 Å². The lowest BCUT2D eigenvalue weighted by atomic mass is 10.0. The van der Waals surface area contributed by atoms with Gasteiger partial charge in [-0.15, -0.1) is 0 Å². The lowest BCUT2D eigenvalue weighted by Gasteiger charge is -2.29. The minimum atomic E-state index is -0.0850. The van der Waals surface area contributed by atoms with E-state index in [2.05, 4.69) is 54.2 Å². The molecule has 0 amide bonds. The van der Waals surface area contributed by atoms with Crippen LogP contribution in [-0.2, 0) is 11.3 Å². The van der Waals surface area contributed by atoms with Gasteiger partial charge in [-0.2, -0.15) is 0 Å². The first-order chi connectivity index (χ1) is 8.09. The lowest BCUT2D eigenvalue weighted by molar-refractivity contribution is -0.0440. The zero-order chi connectivity index (χ0) is 12.7. The highest BCUT2D eigenvalue weighted by atomic mass is 79.9. The van der Waals surface area contributed by atoms with E-state index >= 15 is 0 Å². The topological polar surface area (TPSA) is 21.3 Å². The minimum absolute atomic E-state index is 0.0850. The second kappa shape index (κ2) is 7.14. The fourth-order valence-corrected chi connectivity index (χ4v) is 2.00. The number of rotatable bonds is 7. The second-order valence-corrected chi connectivity index (χ2v) is 5.42. The molecule has 1 atom stereocenters. The summed E-state index contributed by atoms with van der Waals surface area (Å²) in [7, 11) is 0. The van der Waals surface area contributed by atoms with Gasteiger partial charge in [0.1, 0.15) is 0 Å². The zero-order valence-electron chi connectivity index (χ0n) is 10.9. The fraction of sp³-hybridized carbons (Fsp3) is 0.571. The van der Waals surface area contributed by atoms with Crippen LogP contribution in [0.4, 0.5) is 0 Å². The van der Waals surface area contributed by atoms with E-state index < -0.39 is 0 Å². The van der Waals surface area contributed by atoms with E-state index in [1.54, 1.807) is 0 Å². The Balaban J connectivity index is 2.52. The van der Waals surface area contributed by atoms with Crippen LogP contribution in [0, 0.1) is 0 Å². The van der Waals surface area contributed by atoms with Crippen LogP contribution in [0.5, 0.6) is 0 Å². The predicted molar refractivity (Wildman–Crippen MR) is 76.2 cm³/mol. The van der Waals surface area contributed by atoms with E-state index in [4.69, 9.17) is 4.74 Å². The maximum Gasteiger partial charge on any atom is 0.0780 e. The average molecular weight is 300 g/mol. The zero-order valence-corrected chi connectivity index (χ0v) is 12.5. The van der Waals surface area contributed by atoms with Crippen molar-refractivity contribution in [1.82, 2.24) is 5.32 Å². The van der Waals surface area contributed by atoms with Crippen molar-refractivity contribution in [3.8, 4) is 0 Å². The summed E-state index contributed by atoms with van der Waals surface area (Å²) in [6, 6.07) is 8.26. The van der Waals surface area contributed by atoms with Crippen LogP contribution in [0.1, 0.15) is 32.8 Å². The van der Waals surface area contributed by atoms with E-state index in [0.29, 0.717) is 6.61 Å². The van der Waals surface area contributed by atoms with E-state index in [0.717, 1.165) is 24.0 Å². The number of nitrogens with one attached hydrogen (secondary N) is 1. The van der Waals surface area contributed by atoms with Gasteiger partial charge >= 0.3 is 0 Å². The maximum absolute atomic E-state index is 6.04. The summed E-state index contributed by atoms with van der Waals surface area (Å²) in [6.45, 7) is 8.98. The van der Waals surface area contributed by atoms with Crippen LogP contribution in [0.3, 0.4) is 0 Å². The maximum atomic E-state index is 6.04. The molecule has 0 aliphatic carbocycles. The van der Waals surface area contributed by atoms with Crippen LogP contribution in [0.2, 0.25) is 0 Å². The fourth-order valence-electron chi connectivity index (χ4n) is 1.55. The van der Waals surface area contributed by atoms with Crippen molar-refractivity contribution in [3.05, 3.63) is 34.3 Å². The lowest BCUT2D eigenvalue weighted by Crippen LogP contribution is -2.39. The summed E-state index contributed by atoms with van der Waals surface area (Å²) in [5, 5.41) is 3.35. The van der Waals surface area contributed by atoms with Crippen LogP contribution in [-0.4, -0.2) is 18.7 Å². The Kier molecular flexibility index (Phi) is 6.17. The number of likely N-dealkylation sites (N-methyl/N-ethyl adjacent to an activating group) is 1. The average Bonchev–Trinajstić information content (AvgIpc) is 2.34. The molecule has 0 aromatic heterocycles. The van der Waals surface area contributed by atoms with Crippen molar-refractivity contribution >= 4 is 15.9 Å². The Morgan fingerprint density at radius 2 is 2.12 bits per heavy atom. The van der Waals surface area contributed by atoms with E-state index in [1.807, 2.05) is 12.1 Å². The Labute approximate surface area is 113 Å². The van der Waals surface area contributed by atoms with Crippen molar-refractivity contribution in [2.24, 2.45) is 0 Å². The second-order valence-electron chi connectivity index (χ2n) is 4.50. The van der Waals surface area contributed by atoms with Gasteiger partial charge in [0.25, 0.3) is 0 Å². The van der Waals surface area contributed by atoms with Crippen LogP contribution < -0.4 is 5.32 Å². The van der Waals surface area contributed by atoms with Crippen LogP contribution in [0.15, 0.2) is 28.7 Å². The highest BCUT2D eigenvalue weighted by molar-refractivity contribution is 9.10. The molecule has 3 heteroatoms. The van der Waals surface area contributed by atoms with Crippen molar-refractivity contribution in [1.29, 1.82) is 0 Å². The molecule has 1 rings (SSSR count). The van der Waals surface area contributed by atoms with Gasteiger partial charge in [0, 0.05) is 11.0 Å². The minimum Gasteiger partial charge on any atom is -0.369 e. The summed E-state index contributed by atoms with van der Waals surface area (Å²) in [4.78, 5) is 0. The van der Waals surface area contributed by atoms with Crippen molar-refractivity contribution < 1.29 is 4.74 Å². The predicted octanol–water partition coefficient (Wildman–Crippen LogP) is 3.74. The first-order valence-corrected chi connectivity index (χ1v) is 6.98. The van der Waals surface area contributed by atoms with Crippen molar-refractivity contribution in [3.63, 3.8) is 0 Å². The molecule has 1 aromatic rings. The summed E-state index contributed by atoms with van der Waals surface area (Å²) < 4.78 is 7.14. The molecule has 0 aliphatic heterocycles. The molecule has 0 spiro atoms. The molecule has 0 heterocycles. The van der Waals surface area contributed by atoms with E-state index in [1.165, 1.54) is 5.56 Å². The molecule has 17 heavy (non-hydrogen) atoms. The van der Waals surface area contributed by atoms with Gasteiger partial charge in [-0.1, -0.05) is 41.9 Å². The van der Waals surface area contributed by atoms with Crippen LogP contribution in [0.25, 0.3) is 0 Å². The van der Waals surface area contributed by atoms with Gasteiger partial charge < -0.3 is 10.1 Å².